The summed E-state index contributed by atoms with van der Waals surface area (Å²) < 4.78 is 5.46. The van der Waals surface area contributed by atoms with Crippen molar-refractivity contribution in [3.8, 4) is 0 Å². The monoisotopic (exact) mass is 379 g/mol. The van der Waals surface area contributed by atoms with E-state index in [1.807, 2.05) is 12.1 Å². The maximum atomic E-state index is 12.3. The van der Waals surface area contributed by atoms with Crippen LogP contribution in [0.5, 0.6) is 0 Å². The molecular formula is C17H21N3O3S2. The second kappa shape index (κ2) is 8.44. The third kappa shape index (κ3) is 5.82. The molecule has 6 nitrogen and oxygen atoms in total. The summed E-state index contributed by atoms with van der Waals surface area (Å²) >= 11 is 2.46. The average molecular weight is 380 g/mol. The van der Waals surface area contributed by atoms with Crippen LogP contribution in [0.2, 0.25) is 0 Å². The number of hydrogen-bond donors (Lipinski definition) is 1. The van der Waals surface area contributed by atoms with Crippen molar-refractivity contribution in [2.75, 3.05) is 17.7 Å². The predicted molar refractivity (Wildman–Crippen MR) is 100 cm³/mol. The molecule has 1 amide bonds. The molecule has 0 unspecified atom stereocenters. The van der Waals surface area contributed by atoms with E-state index in [2.05, 4.69) is 36.3 Å². The van der Waals surface area contributed by atoms with Crippen molar-refractivity contribution in [2.24, 2.45) is 0 Å². The van der Waals surface area contributed by atoms with Crippen LogP contribution >= 0.6 is 23.1 Å². The Hall–Kier alpha value is -1.93. The van der Waals surface area contributed by atoms with E-state index in [9.17, 15) is 9.59 Å². The molecule has 1 N–H and O–H groups in total. The molecule has 0 saturated carbocycles. The Balaban J connectivity index is 1.93. The van der Waals surface area contributed by atoms with Gasteiger partial charge in [-0.15, -0.1) is 10.2 Å². The maximum Gasteiger partial charge on any atom is 0.316 e. The van der Waals surface area contributed by atoms with Crippen molar-refractivity contribution < 1.29 is 14.3 Å². The second-order valence-corrected chi connectivity index (χ2v) is 8.45. The van der Waals surface area contributed by atoms with Gasteiger partial charge in [-0.3, -0.25) is 14.9 Å². The highest BCUT2D eigenvalue weighted by atomic mass is 32.2. The van der Waals surface area contributed by atoms with Gasteiger partial charge in [0.15, 0.2) is 4.34 Å². The van der Waals surface area contributed by atoms with Crippen LogP contribution in [0.4, 0.5) is 5.13 Å². The third-order valence-corrected chi connectivity index (χ3v) is 5.20. The lowest BCUT2D eigenvalue weighted by atomic mass is 9.87. The van der Waals surface area contributed by atoms with Crippen LogP contribution in [0, 0.1) is 0 Å². The molecule has 0 aliphatic carbocycles. The molecule has 0 radical (unpaired) electrons. The molecule has 1 aromatic carbocycles. The van der Waals surface area contributed by atoms with E-state index in [-0.39, 0.29) is 23.0 Å². The lowest BCUT2D eigenvalue weighted by Crippen LogP contribution is -2.14. The summed E-state index contributed by atoms with van der Waals surface area (Å²) in [6, 6.07) is 7.51. The minimum Gasteiger partial charge on any atom is -0.465 e. The quantitative estimate of drug-likeness (QED) is 0.468. The molecule has 0 aliphatic heterocycles. The van der Waals surface area contributed by atoms with E-state index in [0.717, 1.165) is 5.56 Å². The molecule has 2 aromatic rings. The molecule has 0 atom stereocenters. The fourth-order valence-electron chi connectivity index (χ4n) is 1.93. The fourth-order valence-corrected chi connectivity index (χ4v) is 3.48. The first-order valence-corrected chi connectivity index (χ1v) is 9.63. The molecule has 25 heavy (non-hydrogen) atoms. The van der Waals surface area contributed by atoms with Crippen molar-refractivity contribution in [3.05, 3.63) is 35.4 Å². The lowest BCUT2D eigenvalue weighted by Gasteiger charge is -2.18. The number of nitrogens with zero attached hydrogens (tertiary/aromatic N) is 2. The van der Waals surface area contributed by atoms with E-state index < -0.39 is 0 Å². The van der Waals surface area contributed by atoms with Gasteiger partial charge in [0.05, 0.1) is 12.4 Å². The number of carbonyl (C=O) groups excluding carboxylic acids is 2. The molecule has 8 heteroatoms. The summed E-state index contributed by atoms with van der Waals surface area (Å²) in [5.41, 5.74) is 1.76. The first-order valence-electron chi connectivity index (χ1n) is 7.83. The van der Waals surface area contributed by atoms with Gasteiger partial charge in [-0.2, -0.15) is 0 Å². The van der Waals surface area contributed by atoms with Gasteiger partial charge in [0.2, 0.25) is 5.13 Å². The first-order chi connectivity index (χ1) is 11.8. The summed E-state index contributed by atoms with van der Waals surface area (Å²) in [6.07, 6.45) is 0. The smallest absolute Gasteiger partial charge is 0.316 e. The number of amides is 1. The first kappa shape index (κ1) is 19.4. The normalized spacial score (nSPS) is 11.2. The van der Waals surface area contributed by atoms with Crippen molar-refractivity contribution in [1.82, 2.24) is 10.2 Å². The Kier molecular flexibility index (Phi) is 6.55. The number of nitrogens with one attached hydrogen (secondary N) is 1. The summed E-state index contributed by atoms with van der Waals surface area (Å²) in [5.74, 6) is -0.365. The number of aromatic nitrogens is 2. The van der Waals surface area contributed by atoms with Crippen LogP contribution in [0.1, 0.15) is 43.6 Å². The van der Waals surface area contributed by atoms with Crippen LogP contribution < -0.4 is 5.32 Å². The molecular weight excluding hydrogens is 358 g/mol. The van der Waals surface area contributed by atoms with Crippen LogP contribution in [0.15, 0.2) is 28.6 Å². The van der Waals surface area contributed by atoms with Crippen LogP contribution in [-0.2, 0) is 14.9 Å². The van der Waals surface area contributed by atoms with Crippen molar-refractivity contribution >= 4 is 40.1 Å². The van der Waals surface area contributed by atoms with Crippen LogP contribution in [-0.4, -0.2) is 34.4 Å². The van der Waals surface area contributed by atoms with E-state index >= 15 is 0 Å². The largest absolute Gasteiger partial charge is 0.465 e. The molecule has 2 rings (SSSR count). The molecule has 0 fully saturated rings. The molecule has 1 aromatic heterocycles. The highest BCUT2D eigenvalue weighted by molar-refractivity contribution is 8.01. The van der Waals surface area contributed by atoms with Crippen LogP contribution in [0.3, 0.4) is 0 Å². The number of ether oxygens (including phenoxy) is 1. The van der Waals surface area contributed by atoms with Crippen molar-refractivity contribution in [3.63, 3.8) is 0 Å². The Morgan fingerprint density at radius 3 is 2.48 bits per heavy atom. The Morgan fingerprint density at radius 2 is 1.88 bits per heavy atom. The van der Waals surface area contributed by atoms with Gasteiger partial charge in [-0.25, -0.2) is 0 Å². The van der Waals surface area contributed by atoms with Gasteiger partial charge >= 0.3 is 5.97 Å². The summed E-state index contributed by atoms with van der Waals surface area (Å²) in [5, 5.41) is 11.0. The van der Waals surface area contributed by atoms with Gasteiger partial charge in [-0.1, -0.05) is 56.0 Å². The van der Waals surface area contributed by atoms with Gasteiger partial charge in [0, 0.05) is 5.56 Å². The number of rotatable bonds is 6. The molecule has 0 aliphatic rings. The SMILES string of the molecule is CCOC(=O)CSc1nnc(NC(=O)c2ccc(C(C)(C)C)cc2)s1. The minimum atomic E-state index is -0.299. The highest BCUT2D eigenvalue weighted by Crippen LogP contribution is 2.26. The van der Waals surface area contributed by atoms with Gasteiger partial charge in [-0.05, 0) is 30.0 Å². The Labute approximate surface area is 155 Å². The molecule has 0 bridgehead atoms. The zero-order chi connectivity index (χ0) is 18.4. The fraction of sp³-hybridized carbons (Fsp3) is 0.412. The maximum absolute atomic E-state index is 12.3. The molecule has 1 heterocycles. The standard InChI is InChI=1S/C17H21N3O3S2/c1-5-23-13(21)10-24-16-20-19-15(25-16)18-14(22)11-6-8-12(9-7-11)17(2,3)4/h6-9H,5,10H2,1-4H3,(H,18,19,22). The Bertz CT molecular complexity index is 736. The minimum absolute atomic E-state index is 0.0410. The number of benzene rings is 1. The van der Waals surface area contributed by atoms with Crippen LogP contribution in [0.25, 0.3) is 0 Å². The van der Waals surface area contributed by atoms with Gasteiger partial charge in [0.1, 0.15) is 0 Å². The lowest BCUT2D eigenvalue weighted by molar-refractivity contribution is -0.139. The average Bonchev–Trinajstić information content (AvgIpc) is 3.00. The molecule has 134 valence electrons. The topological polar surface area (TPSA) is 81.2 Å². The van der Waals surface area contributed by atoms with Gasteiger partial charge in [0.25, 0.3) is 5.91 Å². The summed E-state index contributed by atoms with van der Waals surface area (Å²) in [6.45, 7) is 8.48. The van der Waals surface area contributed by atoms with E-state index in [1.54, 1.807) is 19.1 Å². The van der Waals surface area contributed by atoms with Crippen molar-refractivity contribution in [1.29, 1.82) is 0 Å². The highest BCUT2D eigenvalue weighted by Gasteiger charge is 2.15. The number of esters is 1. The molecule has 0 saturated heterocycles. The predicted octanol–water partition coefficient (Wildman–Crippen LogP) is 3.74. The second-order valence-electron chi connectivity index (χ2n) is 6.25. The van der Waals surface area contributed by atoms with E-state index in [0.29, 0.717) is 21.6 Å². The Morgan fingerprint density at radius 1 is 1.20 bits per heavy atom. The molecule has 0 spiro atoms. The zero-order valence-electron chi connectivity index (χ0n) is 14.7. The summed E-state index contributed by atoms with van der Waals surface area (Å²) in [7, 11) is 0. The van der Waals surface area contributed by atoms with Crippen molar-refractivity contribution in [2.45, 2.75) is 37.4 Å². The number of thioether (sulfide) groups is 1. The zero-order valence-corrected chi connectivity index (χ0v) is 16.3. The number of anilines is 1. The van der Waals surface area contributed by atoms with Gasteiger partial charge < -0.3 is 4.74 Å². The number of hydrogen-bond acceptors (Lipinski definition) is 7. The third-order valence-electron chi connectivity index (χ3n) is 3.26. The van der Waals surface area contributed by atoms with E-state index in [1.165, 1.54) is 23.1 Å². The number of carbonyl (C=O) groups is 2. The summed E-state index contributed by atoms with van der Waals surface area (Å²) in [4.78, 5) is 23.6. The van der Waals surface area contributed by atoms with E-state index in [4.69, 9.17) is 4.74 Å².